The molecular weight excluding hydrogens is 334 g/mol. The predicted octanol–water partition coefficient (Wildman–Crippen LogP) is 1.84. The van der Waals surface area contributed by atoms with Crippen LogP contribution in [0.4, 0.5) is 11.6 Å². The number of nitriles is 1. The highest BCUT2D eigenvalue weighted by atomic mass is 79.9. The normalized spacial score (nSPS) is 9.95. The largest absolute Gasteiger partial charge is 0.350 e. The van der Waals surface area contributed by atoms with Gasteiger partial charge in [0.25, 0.3) is 0 Å². The Hall–Kier alpha value is -2.24. The Labute approximate surface area is 130 Å². The molecular formula is C13H14BrN7. The fraction of sp³-hybridized carbons (Fsp3) is 0.231. The van der Waals surface area contributed by atoms with Gasteiger partial charge in [-0.3, -0.25) is 4.98 Å². The molecule has 0 aliphatic rings. The Balaban J connectivity index is 2.30. The topological polar surface area (TPSA) is 104 Å². The van der Waals surface area contributed by atoms with Crippen LogP contribution >= 0.6 is 15.9 Å². The number of halogens is 1. The SMILES string of the molecule is N#CCCN(Cc1cccnc1)c1ncnc(NN)c1Br. The number of hydrazine groups is 1. The van der Waals surface area contributed by atoms with Gasteiger partial charge < -0.3 is 10.3 Å². The van der Waals surface area contributed by atoms with Crippen LogP contribution in [0.2, 0.25) is 0 Å². The first-order chi connectivity index (χ1) is 10.3. The van der Waals surface area contributed by atoms with Gasteiger partial charge >= 0.3 is 0 Å². The van der Waals surface area contributed by atoms with Gasteiger partial charge in [-0.2, -0.15) is 5.26 Å². The monoisotopic (exact) mass is 347 g/mol. The number of rotatable bonds is 6. The summed E-state index contributed by atoms with van der Waals surface area (Å²) in [4.78, 5) is 14.4. The van der Waals surface area contributed by atoms with E-state index in [1.54, 1.807) is 12.4 Å². The Kier molecular flexibility index (Phi) is 5.43. The van der Waals surface area contributed by atoms with Crippen LogP contribution in [0, 0.1) is 11.3 Å². The fourth-order valence-corrected chi connectivity index (χ4v) is 2.41. The lowest BCUT2D eigenvalue weighted by Crippen LogP contribution is -2.26. The van der Waals surface area contributed by atoms with E-state index in [0.29, 0.717) is 35.6 Å². The van der Waals surface area contributed by atoms with E-state index in [-0.39, 0.29) is 0 Å². The molecule has 2 rings (SSSR count). The van der Waals surface area contributed by atoms with Gasteiger partial charge in [0.05, 0.1) is 12.5 Å². The number of hydrogen-bond acceptors (Lipinski definition) is 7. The van der Waals surface area contributed by atoms with Crippen molar-refractivity contribution in [1.29, 1.82) is 5.26 Å². The summed E-state index contributed by atoms with van der Waals surface area (Å²) in [5, 5.41) is 8.83. The fourth-order valence-electron chi connectivity index (χ4n) is 1.84. The van der Waals surface area contributed by atoms with Crippen molar-refractivity contribution in [1.82, 2.24) is 15.0 Å². The second kappa shape index (κ2) is 7.52. The minimum atomic E-state index is 0.391. The van der Waals surface area contributed by atoms with E-state index in [1.165, 1.54) is 6.33 Å². The van der Waals surface area contributed by atoms with Crippen molar-refractivity contribution in [3.05, 3.63) is 40.9 Å². The van der Waals surface area contributed by atoms with Gasteiger partial charge in [-0.25, -0.2) is 15.8 Å². The molecule has 8 heteroatoms. The first-order valence-electron chi connectivity index (χ1n) is 6.24. The summed E-state index contributed by atoms with van der Waals surface area (Å²) in [6, 6.07) is 6.00. The molecule has 2 aromatic rings. The lowest BCUT2D eigenvalue weighted by Gasteiger charge is -2.24. The van der Waals surface area contributed by atoms with Crippen molar-refractivity contribution in [3.8, 4) is 6.07 Å². The standard InChI is InChI=1S/C13H14BrN7/c14-11-12(20-16)18-9-19-13(11)21(6-2-4-15)8-10-3-1-5-17-7-10/h1,3,5,7,9H,2,6,8,16H2,(H,18,19,20). The second-order valence-corrected chi connectivity index (χ2v) is 4.99. The van der Waals surface area contributed by atoms with E-state index in [2.05, 4.69) is 42.4 Å². The number of nitrogens with one attached hydrogen (secondary N) is 1. The van der Waals surface area contributed by atoms with Crippen LogP contribution in [0.25, 0.3) is 0 Å². The highest BCUT2D eigenvalue weighted by molar-refractivity contribution is 9.10. The maximum Gasteiger partial charge on any atom is 0.159 e. The summed E-state index contributed by atoms with van der Waals surface area (Å²) in [6.45, 7) is 1.14. The summed E-state index contributed by atoms with van der Waals surface area (Å²) in [5.41, 5.74) is 3.54. The Morgan fingerprint density at radius 1 is 1.43 bits per heavy atom. The van der Waals surface area contributed by atoms with E-state index < -0.39 is 0 Å². The molecule has 0 aromatic carbocycles. The van der Waals surface area contributed by atoms with Gasteiger partial charge in [0, 0.05) is 25.5 Å². The highest BCUT2D eigenvalue weighted by Crippen LogP contribution is 2.29. The molecule has 0 spiro atoms. The number of nitrogens with two attached hydrogens (primary N) is 1. The van der Waals surface area contributed by atoms with Crippen molar-refractivity contribution in [2.75, 3.05) is 16.9 Å². The number of nitrogen functional groups attached to an aromatic ring is 1. The zero-order valence-electron chi connectivity index (χ0n) is 11.2. The number of nitrogens with zero attached hydrogens (tertiary/aromatic N) is 5. The lowest BCUT2D eigenvalue weighted by molar-refractivity contribution is 0.775. The summed E-state index contributed by atoms with van der Waals surface area (Å²) >= 11 is 3.44. The molecule has 0 amide bonds. The third kappa shape index (κ3) is 3.87. The van der Waals surface area contributed by atoms with Gasteiger partial charge in [-0.05, 0) is 27.6 Å². The summed E-state index contributed by atoms with van der Waals surface area (Å²) in [5.74, 6) is 6.59. The molecule has 0 aliphatic carbocycles. The van der Waals surface area contributed by atoms with Crippen LogP contribution in [0.3, 0.4) is 0 Å². The Bertz CT molecular complexity index is 626. The third-order valence-electron chi connectivity index (χ3n) is 2.80. The van der Waals surface area contributed by atoms with Gasteiger partial charge in [-0.1, -0.05) is 6.07 Å². The van der Waals surface area contributed by atoms with Gasteiger partial charge in [0.15, 0.2) is 5.82 Å². The van der Waals surface area contributed by atoms with E-state index in [9.17, 15) is 0 Å². The smallest absolute Gasteiger partial charge is 0.159 e. The van der Waals surface area contributed by atoms with Crippen molar-refractivity contribution < 1.29 is 0 Å². The van der Waals surface area contributed by atoms with Gasteiger partial charge in [0.1, 0.15) is 16.6 Å². The van der Waals surface area contributed by atoms with Crippen molar-refractivity contribution >= 4 is 27.6 Å². The van der Waals surface area contributed by atoms with Crippen LogP contribution in [-0.2, 0) is 6.54 Å². The third-order valence-corrected chi connectivity index (χ3v) is 3.53. The van der Waals surface area contributed by atoms with Crippen molar-refractivity contribution in [2.24, 2.45) is 5.84 Å². The molecule has 0 saturated heterocycles. The van der Waals surface area contributed by atoms with E-state index in [0.717, 1.165) is 5.56 Å². The molecule has 7 nitrogen and oxygen atoms in total. The molecule has 0 fully saturated rings. The zero-order chi connectivity index (χ0) is 15.1. The van der Waals surface area contributed by atoms with Crippen LogP contribution in [0.5, 0.6) is 0 Å². The van der Waals surface area contributed by atoms with Gasteiger partial charge in [-0.15, -0.1) is 0 Å². The van der Waals surface area contributed by atoms with Crippen LogP contribution < -0.4 is 16.2 Å². The molecule has 0 bridgehead atoms. The summed E-state index contributed by atoms with van der Waals surface area (Å²) in [6.07, 6.45) is 5.33. The molecule has 3 N–H and O–H groups in total. The molecule has 21 heavy (non-hydrogen) atoms. The molecule has 2 aromatic heterocycles. The number of hydrogen-bond donors (Lipinski definition) is 2. The van der Waals surface area contributed by atoms with Crippen molar-refractivity contribution in [3.63, 3.8) is 0 Å². The molecule has 0 unspecified atom stereocenters. The molecule has 2 heterocycles. The predicted molar refractivity (Wildman–Crippen MR) is 83.1 cm³/mol. The summed E-state index contributed by atoms with van der Waals surface area (Å²) < 4.78 is 0.661. The maximum absolute atomic E-state index is 8.83. The van der Waals surface area contributed by atoms with E-state index >= 15 is 0 Å². The van der Waals surface area contributed by atoms with E-state index in [4.69, 9.17) is 11.1 Å². The number of anilines is 2. The number of aromatic nitrogens is 3. The van der Waals surface area contributed by atoms with Gasteiger partial charge in [0.2, 0.25) is 0 Å². The minimum Gasteiger partial charge on any atom is -0.350 e. The average Bonchev–Trinajstić information content (AvgIpc) is 2.53. The Morgan fingerprint density at radius 3 is 2.95 bits per heavy atom. The molecule has 0 radical (unpaired) electrons. The van der Waals surface area contributed by atoms with Crippen molar-refractivity contribution in [2.45, 2.75) is 13.0 Å². The quantitative estimate of drug-likeness (QED) is 0.606. The van der Waals surface area contributed by atoms with Crippen LogP contribution in [0.15, 0.2) is 35.3 Å². The average molecular weight is 348 g/mol. The first kappa shape index (κ1) is 15.2. The van der Waals surface area contributed by atoms with E-state index in [1.807, 2.05) is 17.0 Å². The highest BCUT2D eigenvalue weighted by Gasteiger charge is 2.15. The molecule has 0 atom stereocenters. The second-order valence-electron chi connectivity index (χ2n) is 4.20. The van der Waals surface area contributed by atoms with Crippen LogP contribution in [-0.4, -0.2) is 21.5 Å². The zero-order valence-corrected chi connectivity index (χ0v) is 12.8. The molecule has 0 aliphatic heterocycles. The van der Waals surface area contributed by atoms with Crippen LogP contribution in [0.1, 0.15) is 12.0 Å². The lowest BCUT2D eigenvalue weighted by atomic mass is 10.2. The summed E-state index contributed by atoms with van der Waals surface area (Å²) in [7, 11) is 0. The maximum atomic E-state index is 8.83. The molecule has 0 saturated carbocycles. The minimum absolute atomic E-state index is 0.391. The Morgan fingerprint density at radius 2 is 2.29 bits per heavy atom. The first-order valence-corrected chi connectivity index (χ1v) is 7.03. The number of pyridine rings is 1. The molecule has 108 valence electrons.